The van der Waals surface area contributed by atoms with E-state index in [0.29, 0.717) is 17.2 Å². The molecule has 0 N–H and O–H groups in total. The summed E-state index contributed by atoms with van der Waals surface area (Å²) < 4.78 is 51.8. The minimum absolute atomic E-state index is 0. The summed E-state index contributed by atoms with van der Waals surface area (Å²) in [6, 6.07) is 29.7. The molecule has 235 valence electrons. The van der Waals surface area contributed by atoms with E-state index in [4.69, 9.17) is 17.6 Å². The number of pyridine rings is 1. The normalized spacial score (nSPS) is 13.5. The summed E-state index contributed by atoms with van der Waals surface area (Å²) in [4.78, 5) is 9.10. The predicted octanol–water partition coefficient (Wildman–Crippen LogP) is 10.5. The fourth-order valence-electron chi connectivity index (χ4n) is 5.87. The maximum atomic E-state index is 7.28. The van der Waals surface area contributed by atoms with E-state index in [1.807, 2.05) is 6.07 Å². The molecule has 1 radical (unpaired) electrons. The molecule has 0 atom stereocenters. The van der Waals surface area contributed by atoms with Gasteiger partial charge in [-0.15, -0.1) is 41.5 Å². The summed E-state index contributed by atoms with van der Waals surface area (Å²) in [6.07, 6.45) is 5.51. The largest absolute Gasteiger partial charge is 0.557 e. The standard InChI is InChI=1S/C28H27N2O.C13H12N.Ir/c1-17(2)12-21-10-11-22-23(16-31-26(22)15-21)28-29-24-8-6-7-9-25(24)30(28)27-19(4)13-18(3)14-20(27)5;1-10-3-6-12(7-4-10)13-8-5-11(2)9-14-13;/h6-11,13-15,17H,12H2,1-5H3;3-6,8-9H,1-2H3;/q2*-1;/i;1D3,2D3;. The number of furan rings is 1. The number of aryl methyl sites for hydroxylation is 5. The molecular formula is C41H39IrN3O-2. The van der Waals surface area contributed by atoms with E-state index < -0.39 is 13.7 Å². The van der Waals surface area contributed by atoms with Crippen LogP contribution in [0.2, 0.25) is 0 Å². The first-order chi connectivity index (χ1) is 24.1. The van der Waals surface area contributed by atoms with Gasteiger partial charge in [0.2, 0.25) is 0 Å². The molecule has 7 rings (SSSR count). The molecule has 0 saturated carbocycles. The average Bonchev–Trinajstić information content (AvgIpc) is 3.65. The van der Waals surface area contributed by atoms with Gasteiger partial charge in [0.1, 0.15) is 0 Å². The number of hydrogen-bond acceptors (Lipinski definition) is 3. The van der Waals surface area contributed by atoms with Crippen LogP contribution in [-0.2, 0) is 26.5 Å². The van der Waals surface area contributed by atoms with E-state index >= 15 is 0 Å². The van der Waals surface area contributed by atoms with Crippen LogP contribution in [0.1, 0.15) is 55.5 Å². The maximum absolute atomic E-state index is 7.28. The van der Waals surface area contributed by atoms with Gasteiger partial charge in [-0.3, -0.25) is 4.98 Å². The summed E-state index contributed by atoms with van der Waals surface area (Å²) in [5.41, 5.74) is 11.6. The molecule has 3 aromatic heterocycles. The Bertz CT molecular complexity index is 2240. The monoisotopic (exact) mass is 788 g/mol. The van der Waals surface area contributed by atoms with Gasteiger partial charge >= 0.3 is 0 Å². The smallest absolute Gasteiger partial charge is 0.0774 e. The van der Waals surface area contributed by atoms with E-state index in [1.165, 1.54) is 52.3 Å². The topological polar surface area (TPSA) is 43.9 Å². The summed E-state index contributed by atoms with van der Waals surface area (Å²) >= 11 is 0. The van der Waals surface area contributed by atoms with Crippen LogP contribution in [0.5, 0.6) is 0 Å². The SMILES string of the molecule is Cc1cc(C)c(-n2c(-c3[c-]oc4cc(CC(C)C)ccc34)nc3ccccc32)c(C)c1.[2H]C([2H])([2H])c1c[c-]c(-c2ccc(C([2H])([2H])[2H])cn2)cc1.[Ir]. The fraction of sp³-hybridized carbons (Fsp3) is 0.220. The van der Waals surface area contributed by atoms with Crippen molar-refractivity contribution in [3.63, 3.8) is 0 Å². The van der Waals surface area contributed by atoms with Crippen LogP contribution in [0.25, 0.3) is 50.3 Å². The first kappa shape index (κ1) is 25.8. The van der Waals surface area contributed by atoms with Crippen molar-refractivity contribution < 1.29 is 32.7 Å². The molecule has 0 fully saturated rings. The molecule has 0 unspecified atom stereocenters. The predicted molar refractivity (Wildman–Crippen MR) is 186 cm³/mol. The molecule has 0 aliphatic carbocycles. The first-order valence-corrected chi connectivity index (χ1v) is 15.1. The number of rotatable bonds is 5. The van der Waals surface area contributed by atoms with Gasteiger partial charge in [0.15, 0.2) is 0 Å². The van der Waals surface area contributed by atoms with Crippen LogP contribution in [0.4, 0.5) is 0 Å². The molecule has 4 nitrogen and oxygen atoms in total. The molecule has 5 heteroatoms. The van der Waals surface area contributed by atoms with Gasteiger partial charge in [-0.1, -0.05) is 91.3 Å². The molecule has 0 aliphatic heterocycles. The number of imidazole rings is 1. The van der Waals surface area contributed by atoms with Crippen molar-refractivity contribution in [2.75, 3.05) is 0 Å². The van der Waals surface area contributed by atoms with E-state index in [-0.39, 0.29) is 31.2 Å². The molecule has 0 spiro atoms. The molecule has 3 heterocycles. The molecule has 4 aromatic carbocycles. The molecule has 7 aromatic rings. The zero-order valence-electron chi connectivity index (χ0n) is 32.5. The second-order valence-corrected chi connectivity index (χ2v) is 11.9. The van der Waals surface area contributed by atoms with Gasteiger partial charge in [0.05, 0.1) is 16.9 Å². The van der Waals surface area contributed by atoms with Crippen LogP contribution in [0.15, 0.2) is 95.5 Å². The van der Waals surface area contributed by atoms with Gasteiger partial charge in [-0.25, -0.2) is 0 Å². The third-order valence-electron chi connectivity index (χ3n) is 7.72. The Hall–Kier alpha value is -4.31. The summed E-state index contributed by atoms with van der Waals surface area (Å²) in [5, 5.41) is 1.05. The molecule has 0 bridgehead atoms. The minimum atomic E-state index is -2.18. The van der Waals surface area contributed by atoms with E-state index in [2.05, 4.69) is 105 Å². The van der Waals surface area contributed by atoms with Crippen molar-refractivity contribution in [1.82, 2.24) is 14.5 Å². The van der Waals surface area contributed by atoms with E-state index in [1.54, 1.807) is 12.1 Å². The third-order valence-corrected chi connectivity index (χ3v) is 7.72. The van der Waals surface area contributed by atoms with Crippen molar-refractivity contribution in [2.45, 2.75) is 54.7 Å². The van der Waals surface area contributed by atoms with E-state index in [0.717, 1.165) is 39.8 Å². The van der Waals surface area contributed by atoms with Gasteiger partial charge in [0, 0.05) is 52.1 Å². The van der Waals surface area contributed by atoms with Crippen molar-refractivity contribution >= 4 is 22.0 Å². The Morgan fingerprint density at radius 3 is 2.30 bits per heavy atom. The number of hydrogen-bond donors (Lipinski definition) is 0. The molecule has 0 saturated heterocycles. The number of para-hydroxylation sites is 2. The summed E-state index contributed by atoms with van der Waals surface area (Å²) in [6.45, 7) is 6.61. The molecule has 0 aliphatic rings. The van der Waals surface area contributed by atoms with Crippen LogP contribution >= 0.6 is 0 Å². The van der Waals surface area contributed by atoms with Crippen molar-refractivity contribution in [2.24, 2.45) is 5.92 Å². The number of nitrogens with zero attached hydrogens (tertiary/aromatic N) is 3. The number of benzene rings is 4. The Morgan fingerprint density at radius 1 is 0.870 bits per heavy atom. The zero-order chi connectivity index (χ0) is 36.7. The molecular weight excluding hydrogens is 743 g/mol. The van der Waals surface area contributed by atoms with Gasteiger partial charge < -0.3 is 14.0 Å². The van der Waals surface area contributed by atoms with Gasteiger partial charge in [0.25, 0.3) is 0 Å². The van der Waals surface area contributed by atoms with Crippen molar-refractivity contribution in [1.29, 1.82) is 0 Å². The first-order valence-electron chi connectivity index (χ1n) is 18.1. The van der Waals surface area contributed by atoms with Gasteiger partial charge in [-0.05, 0) is 74.5 Å². The maximum Gasteiger partial charge on any atom is 0.0774 e. The van der Waals surface area contributed by atoms with Crippen LogP contribution in [-0.4, -0.2) is 14.5 Å². The van der Waals surface area contributed by atoms with E-state index in [9.17, 15) is 0 Å². The second kappa shape index (κ2) is 14.0. The molecule has 0 amide bonds. The Morgan fingerprint density at radius 2 is 1.63 bits per heavy atom. The number of aromatic nitrogens is 3. The quantitative estimate of drug-likeness (QED) is 0.163. The third kappa shape index (κ3) is 6.92. The second-order valence-electron chi connectivity index (χ2n) is 11.9. The zero-order valence-corrected chi connectivity index (χ0v) is 28.9. The van der Waals surface area contributed by atoms with Crippen molar-refractivity contribution in [3.8, 4) is 28.3 Å². The van der Waals surface area contributed by atoms with Gasteiger partial charge in [-0.2, -0.15) is 0 Å². The number of fused-ring (bicyclic) bond motifs is 2. The van der Waals surface area contributed by atoms with Crippen LogP contribution in [0.3, 0.4) is 0 Å². The summed E-state index contributed by atoms with van der Waals surface area (Å²) in [5.74, 6) is 1.47. The minimum Gasteiger partial charge on any atom is -0.557 e. The molecule has 46 heavy (non-hydrogen) atoms. The van der Waals surface area contributed by atoms with Crippen LogP contribution < -0.4 is 0 Å². The Kier molecular flexibility index (Phi) is 7.86. The average molecular weight is 788 g/mol. The Labute approximate surface area is 294 Å². The Balaban J connectivity index is 0.000000217. The van der Waals surface area contributed by atoms with Crippen LogP contribution in [0, 0.1) is 52.7 Å². The summed E-state index contributed by atoms with van der Waals surface area (Å²) in [7, 11) is 0. The van der Waals surface area contributed by atoms with Crippen molar-refractivity contribution in [3.05, 3.63) is 137 Å². The fourth-order valence-corrected chi connectivity index (χ4v) is 5.87.